The summed E-state index contributed by atoms with van der Waals surface area (Å²) in [5.74, 6) is 0. The van der Waals surface area contributed by atoms with Crippen LogP contribution < -0.4 is 0 Å². The van der Waals surface area contributed by atoms with Crippen LogP contribution in [0.1, 0.15) is 11.1 Å². The number of hydrogen-bond donors (Lipinski definition) is 0. The summed E-state index contributed by atoms with van der Waals surface area (Å²) in [6.07, 6.45) is 0. The normalized spacial score (nSPS) is 11.1. The maximum Gasteiger partial charge on any atom is 0.195 e. The highest BCUT2D eigenvalue weighted by molar-refractivity contribution is 6.11. The van der Waals surface area contributed by atoms with Gasteiger partial charge in [0.15, 0.2) is 5.69 Å². The number of aromatic nitrogens is 2. The van der Waals surface area contributed by atoms with Gasteiger partial charge in [0.1, 0.15) is 0 Å². The molecule has 0 aliphatic rings. The first kappa shape index (κ1) is 28.8. The van der Waals surface area contributed by atoms with Gasteiger partial charge in [-0.3, -0.25) is 0 Å². The molecule has 50 heavy (non-hydrogen) atoms. The summed E-state index contributed by atoms with van der Waals surface area (Å²) < 4.78 is 4.44. The second-order valence-corrected chi connectivity index (χ2v) is 12.3. The van der Waals surface area contributed by atoms with Crippen molar-refractivity contribution in [1.29, 1.82) is 10.5 Å². The predicted molar refractivity (Wildman–Crippen MR) is 202 cm³/mol. The number of para-hydroxylation sites is 3. The van der Waals surface area contributed by atoms with Crippen LogP contribution in [0.3, 0.4) is 0 Å². The Balaban J connectivity index is 1.23. The molecule has 0 bridgehead atoms. The number of hydrogen-bond acceptors (Lipinski definition) is 2. The summed E-state index contributed by atoms with van der Waals surface area (Å²) in [6.45, 7) is 8.13. The molecule has 9 rings (SSSR count). The monoisotopic (exact) mass is 635 g/mol. The van der Waals surface area contributed by atoms with Crippen molar-refractivity contribution >= 4 is 49.3 Å². The smallest absolute Gasteiger partial charge is 0.195 e. The molecule has 0 aliphatic carbocycles. The third-order valence-electron chi connectivity index (χ3n) is 9.63. The van der Waals surface area contributed by atoms with Gasteiger partial charge in [0.05, 0.1) is 57.6 Å². The highest BCUT2D eigenvalue weighted by Gasteiger charge is 2.21. The van der Waals surface area contributed by atoms with Gasteiger partial charge < -0.3 is 9.13 Å². The van der Waals surface area contributed by atoms with Crippen LogP contribution >= 0.6 is 0 Å². The Morgan fingerprint density at radius 1 is 0.500 bits per heavy atom. The van der Waals surface area contributed by atoms with Crippen LogP contribution in [0.4, 0.5) is 5.69 Å². The molecule has 0 N–H and O–H groups in total. The van der Waals surface area contributed by atoms with E-state index in [2.05, 4.69) is 111 Å². The van der Waals surface area contributed by atoms with Gasteiger partial charge in [-0.2, -0.15) is 10.5 Å². The molecule has 0 saturated carbocycles. The Hall–Kier alpha value is -7.39. The average Bonchev–Trinajstić information content (AvgIpc) is 3.70. The Morgan fingerprint density at radius 2 is 1.10 bits per heavy atom. The van der Waals surface area contributed by atoms with Crippen LogP contribution in [-0.4, -0.2) is 9.13 Å². The van der Waals surface area contributed by atoms with Crippen molar-refractivity contribution in [3.63, 3.8) is 0 Å². The summed E-state index contributed by atoms with van der Waals surface area (Å²) in [4.78, 5) is 3.92. The van der Waals surface area contributed by atoms with Gasteiger partial charge >= 0.3 is 0 Å². The van der Waals surface area contributed by atoms with Gasteiger partial charge in [0.25, 0.3) is 0 Å². The van der Waals surface area contributed by atoms with Crippen molar-refractivity contribution in [2.45, 2.75) is 0 Å². The quantitative estimate of drug-likeness (QED) is 0.181. The molecule has 5 nitrogen and oxygen atoms in total. The Morgan fingerprint density at radius 3 is 1.74 bits per heavy atom. The minimum atomic E-state index is 0.465. The van der Waals surface area contributed by atoms with Gasteiger partial charge in [-0.15, -0.1) is 0 Å². The van der Waals surface area contributed by atoms with Crippen molar-refractivity contribution in [2.24, 2.45) is 0 Å². The Bertz CT molecular complexity index is 2900. The summed E-state index contributed by atoms with van der Waals surface area (Å²) in [7, 11) is 0. The van der Waals surface area contributed by atoms with E-state index >= 15 is 0 Å². The minimum Gasteiger partial charge on any atom is -0.309 e. The van der Waals surface area contributed by atoms with Crippen LogP contribution in [0.5, 0.6) is 0 Å². The molecule has 2 heterocycles. The van der Waals surface area contributed by atoms with Crippen molar-refractivity contribution in [1.82, 2.24) is 9.13 Å². The van der Waals surface area contributed by atoms with E-state index in [4.69, 9.17) is 6.57 Å². The first-order valence-corrected chi connectivity index (χ1v) is 16.3. The third-order valence-corrected chi connectivity index (χ3v) is 9.63. The van der Waals surface area contributed by atoms with Gasteiger partial charge in [-0.1, -0.05) is 91.0 Å². The van der Waals surface area contributed by atoms with Crippen LogP contribution in [-0.2, 0) is 0 Å². The van der Waals surface area contributed by atoms with Crippen LogP contribution in [0, 0.1) is 29.2 Å². The average molecular weight is 636 g/mol. The Labute approximate surface area is 288 Å². The van der Waals surface area contributed by atoms with Crippen LogP contribution in [0.15, 0.2) is 152 Å². The summed E-state index contributed by atoms with van der Waals surface area (Å²) >= 11 is 0. The number of fused-ring (bicyclic) bond motifs is 6. The van der Waals surface area contributed by atoms with Crippen LogP contribution in [0.25, 0.3) is 82.1 Å². The standard InChI is InChI=1S/C45H25N5/c1-48-39-23-20-31(30-18-21-33(22-19-30)49-40-13-5-2-10-34(40)35-11-3-6-14-41(35)49)26-38(39)45-32(28-47)9-8-16-44(45)50-42-15-7-4-12-36(42)37-25-29(27-46)17-24-43(37)50/h2-26H. The lowest BCUT2D eigenvalue weighted by atomic mass is 9.93. The van der Waals surface area contributed by atoms with E-state index in [0.717, 1.165) is 55.3 Å². The molecular weight excluding hydrogens is 611 g/mol. The summed E-state index contributed by atoms with van der Waals surface area (Å²) in [5, 5.41) is 24.5. The predicted octanol–water partition coefficient (Wildman–Crippen LogP) is 11.5. The van der Waals surface area contributed by atoms with Crippen molar-refractivity contribution in [3.8, 4) is 45.8 Å². The SMILES string of the molecule is [C-]#[N+]c1ccc(-c2ccc(-n3c4ccccc4c4ccccc43)cc2)cc1-c1c(C#N)cccc1-n1c2ccccc2c2cc(C#N)ccc21. The molecule has 5 heteroatoms. The lowest BCUT2D eigenvalue weighted by molar-refractivity contribution is 1.18. The van der Waals surface area contributed by atoms with E-state index in [9.17, 15) is 10.5 Å². The molecule has 230 valence electrons. The highest BCUT2D eigenvalue weighted by atomic mass is 15.0. The van der Waals surface area contributed by atoms with E-state index in [1.54, 1.807) is 6.07 Å². The molecule has 0 saturated heterocycles. The number of rotatable bonds is 4. The molecule has 7 aromatic carbocycles. The van der Waals surface area contributed by atoms with Gasteiger partial charge in [-0.25, -0.2) is 4.85 Å². The molecule has 0 fully saturated rings. The lowest BCUT2D eigenvalue weighted by Gasteiger charge is -2.17. The van der Waals surface area contributed by atoms with Crippen molar-refractivity contribution < 1.29 is 0 Å². The van der Waals surface area contributed by atoms with E-state index in [-0.39, 0.29) is 0 Å². The van der Waals surface area contributed by atoms with Crippen molar-refractivity contribution in [2.75, 3.05) is 0 Å². The molecule has 0 atom stereocenters. The zero-order valence-electron chi connectivity index (χ0n) is 26.7. The van der Waals surface area contributed by atoms with Gasteiger partial charge in [0, 0.05) is 32.8 Å². The summed E-state index contributed by atoms with van der Waals surface area (Å²) in [6, 6.07) is 55.5. The van der Waals surface area contributed by atoms with E-state index in [1.165, 1.54) is 10.8 Å². The van der Waals surface area contributed by atoms with E-state index in [0.29, 0.717) is 27.9 Å². The number of nitriles is 2. The molecule has 0 amide bonds. The minimum absolute atomic E-state index is 0.465. The fourth-order valence-corrected chi connectivity index (χ4v) is 7.42. The van der Waals surface area contributed by atoms with Crippen LogP contribution in [0.2, 0.25) is 0 Å². The zero-order chi connectivity index (χ0) is 33.8. The largest absolute Gasteiger partial charge is 0.309 e. The number of nitrogens with zero attached hydrogens (tertiary/aromatic N) is 5. The maximum absolute atomic E-state index is 10.4. The third kappa shape index (κ3) is 4.31. The molecule has 0 radical (unpaired) electrons. The molecular formula is C45H25N5. The first-order valence-electron chi connectivity index (χ1n) is 16.3. The molecule has 0 unspecified atom stereocenters. The van der Waals surface area contributed by atoms with E-state index in [1.807, 2.05) is 60.7 Å². The molecule has 0 spiro atoms. The topological polar surface area (TPSA) is 61.8 Å². The summed E-state index contributed by atoms with van der Waals surface area (Å²) in [5.41, 5.74) is 10.9. The Kier molecular flexibility index (Phi) is 6.56. The fourth-order valence-electron chi connectivity index (χ4n) is 7.42. The molecule has 2 aromatic heterocycles. The van der Waals surface area contributed by atoms with Crippen molar-refractivity contribution in [3.05, 3.63) is 174 Å². The highest BCUT2D eigenvalue weighted by Crippen LogP contribution is 2.43. The molecule has 0 aliphatic heterocycles. The van der Waals surface area contributed by atoms with Gasteiger partial charge in [0.2, 0.25) is 0 Å². The fraction of sp³-hybridized carbons (Fsp3) is 0. The molecule has 9 aromatic rings. The zero-order valence-corrected chi connectivity index (χ0v) is 26.7. The second-order valence-electron chi connectivity index (χ2n) is 12.3. The van der Waals surface area contributed by atoms with Gasteiger partial charge in [-0.05, 0) is 77.4 Å². The second kappa shape index (κ2) is 11.4. The van der Waals surface area contributed by atoms with E-state index < -0.39 is 0 Å². The maximum atomic E-state index is 10.4. The lowest BCUT2D eigenvalue weighted by Crippen LogP contribution is -2.00. The first-order chi connectivity index (χ1) is 24.7. The number of benzene rings is 7.